The fourth-order valence-corrected chi connectivity index (χ4v) is 2.69. The van der Waals surface area contributed by atoms with Crippen molar-refractivity contribution in [1.29, 1.82) is 0 Å². The number of carbonyl (C=O) groups is 1. The molecule has 0 radical (unpaired) electrons. The van der Waals surface area contributed by atoms with Gasteiger partial charge in [0.15, 0.2) is 0 Å². The minimum Gasteiger partial charge on any atom is -0.353 e. The molecule has 0 bridgehead atoms. The fraction of sp³-hybridized carbons (Fsp3) is 0.538. The average molecular weight is 231 g/mol. The van der Waals surface area contributed by atoms with Crippen LogP contribution in [0.3, 0.4) is 0 Å². The molecule has 2 atom stereocenters. The summed E-state index contributed by atoms with van der Waals surface area (Å²) in [5.74, 6) is 1.56. The molecule has 4 nitrogen and oxygen atoms in total. The van der Waals surface area contributed by atoms with Crippen molar-refractivity contribution >= 4 is 5.91 Å². The number of piperidine rings is 1. The molecule has 4 heteroatoms. The van der Waals surface area contributed by atoms with E-state index in [1.807, 2.05) is 18.3 Å². The van der Waals surface area contributed by atoms with Crippen LogP contribution in [-0.4, -0.2) is 30.0 Å². The van der Waals surface area contributed by atoms with Crippen molar-refractivity contribution in [2.45, 2.75) is 18.9 Å². The third-order valence-corrected chi connectivity index (χ3v) is 3.78. The summed E-state index contributed by atoms with van der Waals surface area (Å²) in [6, 6.07) is 4.36. The molecule has 1 amide bonds. The molecule has 1 aromatic heterocycles. The molecule has 0 spiro atoms. The maximum atomic E-state index is 11.7. The number of amides is 1. The van der Waals surface area contributed by atoms with Crippen LogP contribution < -0.4 is 10.6 Å². The van der Waals surface area contributed by atoms with Gasteiger partial charge in [0.2, 0.25) is 5.91 Å². The summed E-state index contributed by atoms with van der Waals surface area (Å²) in [6.45, 7) is 2.14. The maximum absolute atomic E-state index is 11.7. The second-order valence-electron chi connectivity index (χ2n) is 4.94. The van der Waals surface area contributed by atoms with Crippen LogP contribution in [0, 0.1) is 11.8 Å². The van der Waals surface area contributed by atoms with Gasteiger partial charge in [0.1, 0.15) is 0 Å². The van der Waals surface area contributed by atoms with Crippen molar-refractivity contribution in [2.75, 3.05) is 13.1 Å². The van der Waals surface area contributed by atoms with Gasteiger partial charge < -0.3 is 10.6 Å². The Kier molecular flexibility index (Phi) is 2.81. The summed E-state index contributed by atoms with van der Waals surface area (Å²) >= 11 is 0. The Labute approximate surface area is 101 Å². The van der Waals surface area contributed by atoms with Crippen LogP contribution in [0.2, 0.25) is 0 Å². The normalized spacial score (nSPS) is 29.8. The van der Waals surface area contributed by atoms with Crippen LogP contribution in [0.25, 0.3) is 0 Å². The SMILES string of the molecule is O=C(CCc1cccnc1)NC1C2CNCC21. The highest BCUT2D eigenvalue weighted by Crippen LogP contribution is 2.41. The first-order valence-electron chi connectivity index (χ1n) is 6.23. The lowest BCUT2D eigenvalue weighted by molar-refractivity contribution is -0.121. The molecule has 2 unspecified atom stereocenters. The number of pyridine rings is 1. The average Bonchev–Trinajstić information content (AvgIpc) is 2.79. The second-order valence-corrected chi connectivity index (χ2v) is 4.94. The van der Waals surface area contributed by atoms with Crippen LogP contribution >= 0.6 is 0 Å². The molecule has 1 saturated heterocycles. The van der Waals surface area contributed by atoms with Crippen LogP contribution in [0.4, 0.5) is 0 Å². The number of rotatable bonds is 4. The van der Waals surface area contributed by atoms with Crippen LogP contribution in [0.15, 0.2) is 24.5 Å². The highest BCUT2D eigenvalue weighted by molar-refractivity contribution is 5.77. The number of carbonyl (C=O) groups excluding carboxylic acids is 1. The Balaban J connectivity index is 1.42. The van der Waals surface area contributed by atoms with Gasteiger partial charge >= 0.3 is 0 Å². The molecule has 1 aliphatic heterocycles. The smallest absolute Gasteiger partial charge is 0.220 e. The Morgan fingerprint density at radius 3 is 3.00 bits per heavy atom. The zero-order chi connectivity index (χ0) is 11.7. The van der Waals surface area contributed by atoms with Crippen molar-refractivity contribution < 1.29 is 4.79 Å². The van der Waals surface area contributed by atoms with E-state index in [2.05, 4.69) is 15.6 Å². The van der Waals surface area contributed by atoms with Crippen molar-refractivity contribution in [3.05, 3.63) is 30.1 Å². The topological polar surface area (TPSA) is 54.0 Å². The number of aryl methyl sites for hydroxylation is 1. The van der Waals surface area contributed by atoms with E-state index < -0.39 is 0 Å². The summed E-state index contributed by atoms with van der Waals surface area (Å²) in [7, 11) is 0. The molecule has 1 saturated carbocycles. The number of aromatic nitrogens is 1. The highest BCUT2D eigenvalue weighted by Gasteiger charge is 2.53. The molecule has 17 heavy (non-hydrogen) atoms. The first-order chi connectivity index (χ1) is 8.34. The molecular formula is C13H17N3O. The molecule has 1 aliphatic carbocycles. The molecule has 2 heterocycles. The van der Waals surface area contributed by atoms with Crippen molar-refractivity contribution in [1.82, 2.24) is 15.6 Å². The van der Waals surface area contributed by atoms with Gasteiger partial charge in [-0.15, -0.1) is 0 Å². The first kappa shape index (κ1) is 10.7. The molecule has 2 aliphatic rings. The van der Waals surface area contributed by atoms with Crippen LogP contribution in [0.5, 0.6) is 0 Å². The first-order valence-corrected chi connectivity index (χ1v) is 6.23. The summed E-state index contributed by atoms with van der Waals surface area (Å²) in [5, 5.41) is 6.45. The molecule has 2 fully saturated rings. The molecule has 1 aromatic rings. The van der Waals surface area contributed by atoms with Gasteiger partial charge in [-0.3, -0.25) is 9.78 Å². The van der Waals surface area contributed by atoms with E-state index in [9.17, 15) is 4.79 Å². The van der Waals surface area contributed by atoms with E-state index in [-0.39, 0.29) is 5.91 Å². The lowest BCUT2D eigenvalue weighted by atomic mass is 10.1. The summed E-state index contributed by atoms with van der Waals surface area (Å²) in [6.07, 6.45) is 4.92. The Bertz CT molecular complexity index is 396. The van der Waals surface area contributed by atoms with Crippen LogP contribution in [0.1, 0.15) is 12.0 Å². The number of fused-ring (bicyclic) bond motifs is 1. The summed E-state index contributed by atoms with van der Waals surface area (Å²) < 4.78 is 0. The van der Waals surface area contributed by atoms with E-state index >= 15 is 0 Å². The zero-order valence-electron chi connectivity index (χ0n) is 9.73. The molecule has 0 aromatic carbocycles. The third kappa shape index (κ3) is 2.31. The lowest BCUT2D eigenvalue weighted by Gasteiger charge is -2.07. The molecule has 2 N–H and O–H groups in total. The third-order valence-electron chi connectivity index (χ3n) is 3.78. The summed E-state index contributed by atoms with van der Waals surface area (Å²) in [5.41, 5.74) is 1.13. The molecule has 3 rings (SSSR count). The van der Waals surface area contributed by atoms with Gasteiger partial charge in [0.05, 0.1) is 0 Å². The highest BCUT2D eigenvalue weighted by atomic mass is 16.1. The summed E-state index contributed by atoms with van der Waals surface area (Å²) in [4.78, 5) is 15.8. The van der Waals surface area contributed by atoms with Crippen molar-refractivity contribution in [2.24, 2.45) is 11.8 Å². The minimum atomic E-state index is 0.174. The maximum Gasteiger partial charge on any atom is 0.220 e. The zero-order valence-corrected chi connectivity index (χ0v) is 9.73. The second kappa shape index (κ2) is 4.45. The van der Waals surface area contributed by atoms with Gasteiger partial charge in [0.25, 0.3) is 0 Å². The lowest BCUT2D eigenvalue weighted by Crippen LogP contribution is -2.32. The van der Waals surface area contributed by atoms with Gasteiger partial charge in [-0.25, -0.2) is 0 Å². The number of nitrogens with one attached hydrogen (secondary N) is 2. The van der Waals surface area contributed by atoms with E-state index in [1.165, 1.54) is 0 Å². The van der Waals surface area contributed by atoms with Gasteiger partial charge in [-0.05, 0) is 29.9 Å². The minimum absolute atomic E-state index is 0.174. The van der Waals surface area contributed by atoms with E-state index in [1.54, 1.807) is 6.20 Å². The predicted molar refractivity (Wildman–Crippen MR) is 64.3 cm³/mol. The monoisotopic (exact) mass is 231 g/mol. The van der Waals surface area contributed by atoms with Gasteiger partial charge in [0, 0.05) is 37.9 Å². The number of hydrogen-bond donors (Lipinski definition) is 2. The van der Waals surface area contributed by atoms with Gasteiger partial charge in [-0.1, -0.05) is 6.07 Å². The van der Waals surface area contributed by atoms with E-state index in [4.69, 9.17) is 0 Å². The Morgan fingerprint density at radius 1 is 1.47 bits per heavy atom. The standard InChI is InChI=1S/C13H17N3O/c17-12(4-3-9-2-1-5-14-6-9)16-13-10-7-15-8-11(10)13/h1-2,5-6,10-11,13,15H,3-4,7-8H2,(H,16,17). The largest absolute Gasteiger partial charge is 0.353 e. The predicted octanol–water partition coefficient (Wildman–Crippen LogP) is 0.348. The van der Waals surface area contributed by atoms with Crippen molar-refractivity contribution in [3.63, 3.8) is 0 Å². The fourth-order valence-electron chi connectivity index (χ4n) is 2.69. The Morgan fingerprint density at radius 2 is 2.29 bits per heavy atom. The molecule has 90 valence electrons. The van der Waals surface area contributed by atoms with Crippen LogP contribution in [-0.2, 0) is 11.2 Å². The quantitative estimate of drug-likeness (QED) is 0.786. The number of hydrogen-bond acceptors (Lipinski definition) is 3. The molecular weight excluding hydrogens is 214 g/mol. The van der Waals surface area contributed by atoms with E-state index in [0.717, 1.165) is 25.1 Å². The Hall–Kier alpha value is -1.42. The van der Waals surface area contributed by atoms with E-state index in [0.29, 0.717) is 24.3 Å². The van der Waals surface area contributed by atoms with Crippen molar-refractivity contribution in [3.8, 4) is 0 Å². The number of nitrogens with zero attached hydrogens (tertiary/aromatic N) is 1. The van der Waals surface area contributed by atoms with Gasteiger partial charge in [-0.2, -0.15) is 0 Å².